The average molecular weight is 323 g/mol. The van der Waals surface area contributed by atoms with Crippen LogP contribution in [-0.2, 0) is 13.0 Å². The van der Waals surface area contributed by atoms with Gasteiger partial charge >= 0.3 is 0 Å². The fraction of sp³-hybridized carbons (Fsp3) is 0.0833. The van der Waals surface area contributed by atoms with Gasteiger partial charge in [0.1, 0.15) is 12.4 Å². The van der Waals surface area contributed by atoms with Crippen LogP contribution in [-0.4, -0.2) is 0 Å². The Kier molecular flexibility index (Phi) is 4.47. The van der Waals surface area contributed by atoms with Crippen molar-refractivity contribution in [1.29, 1.82) is 0 Å². The third-order valence-electron chi connectivity index (χ3n) is 4.28. The first-order chi connectivity index (χ1) is 12.4. The fourth-order valence-electron chi connectivity index (χ4n) is 2.99. The lowest BCUT2D eigenvalue weighted by atomic mass is 10.1. The number of benzene rings is 2. The summed E-state index contributed by atoms with van der Waals surface area (Å²) in [5.41, 5.74) is 6.30. The van der Waals surface area contributed by atoms with Crippen LogP contribution in [0.5, 0.6) is 5.75 Å². The van der Waals surface area contributed by atoms with Gasteiger partial charge in [-0.1, -0.05) is 78.9 Å². The van der Waals surface area contributed by atoms with Gasteiger partial charge < -0.3 is 4.74 Å². The quantitative estimate of drug-likeness (QED) is 0.453. The molecule has 4 rings (SSSR count). The van der Waals surface area contributed by atoms with Crippen LogP contribution >= 0.6 is 0 Å². The van der Waals surface area contributed by atoms with Gasteiger partial charge in [-0.2, -0.15) is 0 Å². The smallest absolute Gasteiger partial charge is 0.127 e. The largest absolute Gasteiger partial charge is 0.488 e. The number of hydrogen-bond acceptors (Lipinski definition) is 1. The fourth-order valence-corrected chi connectivity index (χ4v) is 2.99. The zero-order chi connectivity index (χ0) is 16.9. The first-order valence-corrected chi connectivity index (χ1v) is 8.52. The van der Waals surface area contributed by atoms with Crippen molar-refractivity contribution in [3.05, 3.63) is 114 Å². The highest BCUT2D eigenvalue weighted by molar-refractivity contribution is 5.68. The van der Waals surface area contributed by atoms with E-state index in [9.17, 15) is 0 Å². The van der Waals surface area contributed by atoms with Gasteiger partial charge in [0.05, 0.1) is 0 Å². The van der Waals surface area contributed by atoms with E-state index < -0.39 is 0 Å². The zero-order valence-electron chi connectivity index (χ0n) is 14.0. The molecule has 1 nitrogen and oxygen atoms in total. The number of fused-ring (bicyclic) bond motifs is 1. The van der Waals surface area contributed by atoms with Gasteiger partial charge in [0.2, 0.25) is 0 Å². The third kappa shape index (κ3) is 3.89. The summed E-state index contributed by atoms with van der Waals surface area (Å²) in [5, 5.41) is 0. The summed E-state index contributed by atoms with van der Waals surface area (Å²) in [5.74, 6) is 0.785. The summed E-state index contributed by atoms with van der Waals surface area (Å²) >= 11 is 0. The molecule has 1 radical (unpaired) electrons. The first kappa shape index (κ1) is 15.5. The van der Waals surface area contributed by atoms with Crippen molar-refractivity contribution < 1.29 is 4.74 Å². The highest BCUT2D eigenvalue weighted by Crippen LogP contribution is 2.26. The SMILES string of the molecule is [c]1cc(Cc2cc3cccccc-3c2)ccc1OCc1ccccc1. The minimum Gasteiger partial charge on any atom is -0.488 e. The highest BCUT2D eigenvalue weighted by Gasteiger charge is 2.06. The minimum atomic E-state index is 0.571. The molecule has 0 saturated carbocycles. The Morgan fingerprint density at radius 2 is 1.32 bits per heavy atom. The zero-order valence-corrected chi connectivity index (χ0v) is 14.0. The molecule has 0 bridgehead atoms. The topological polar surface area (TPSA) is 9.23 Å². The monoisotopic (exact) mass is 323 g/mol. The summed E-state index contributed by atoms with van der Waals surface area (Å²) < 4.78 is 5.80. The van der Waals surface area contributed by atoms with Gasteiger partial charge in [-0.3, -0.25) is 0 Å². The van der Waals surface area contributed by atoms with Crippen LogP contribution in [0.15, 0.2) is 91.0 Å². The van der Waals surface area contributed by atoms with E-state index in [1.807, 2.05) is 30.3 Å². The molecule has 1 heteroatoms. The molecule has 2 aliphatic rings. The van der Waals surface area contributed by atoms with Gasteiger partial charge in [0.15, 0.2) is 0 Å². The van der Waals surface area contributed by atoms with Gasteiger partial charge in [-0.25, -0.2) is 0 Å². The van der Waals surface area contributed by atoms with Crippen molar-refractivity contribution >= 4 is 0 Å². The highest BCUT2D eigenvalue weighted by atomic mass is 16.5. The lowest BCUT2D eigenvalue weighted by molar-refractivity contribution is 0.305. The molecule has 2 aromatic carbocycles. The average Bonchev–Trinajstić information content (AvgIpc) is 2.90. The van der Waals surface area contributed by atoms with Crippen molar-refractivity contribution in [3.8, 4) is 16.9 Å². The van der Waals surface area contributed by atoms with Crippen LogP contribution in [0.1, 0.15) is 16.7 Å². The van der Waals surface area contributed by atoms with E-state index in [2.05, 4.69) is 66.7 Å². The van der Waals surface area contributed by atoms with Crippen molar-refractivity contribution in [2.75, 3.05) is 0 Å². The van der Waals surface area contributed by atoms with Crippen molar-refractivity contribution in [2.45, 2.75) is 13.0 Å². The molecule has 2 aromatic rings. The van der Waals surface area contributed by atoms with E-state index in [0.29, 0.717) is 6.61 Å². The second kappa shape index (κ2) is 7.23. The predicted octanol–water partition coefficient (Wildman–Crippen LogP) is 5.76. The summed E-state index contributed by atoms with van der Waals surface area (Å²) in [6.07, 6.45) is 0.911. The molecule has 0 heterocycles. The summed E-state index contributed by atoms with van der Waals surface area (Å²) in [6, 6.07) is 34.6. The van der Waals surface area contributed by atoms with E-state index >= 15 is 0 Å². The van der Waals surface area contributed by atoms with Gasteiger partial charge in [0, 0.05) is 6.07 Å². The molecule has 0 saturated heterocycles. The van der Waals surface area contributed by atoms with Gasteiger partial charge in [-0.05, 0) is 46.4 Å². The Morgan fingerprint density at radius 3 is 1.96 bits per heavy atom. The minimum absolute atomic E-state index is 0.571. The van der Waals surface area contributed by atoms with E-state index in [4.69, 9.17) is 4.74 Å². The molecule has 0 N–H and O–H groups in total. The molecule has 0 spiro atoms. The lowest BCUT2D eigenvalue weighted by Crippen LogP contribution is -1.95. The molecule has 0 unspecified atom stereocenters. The number of rotatable bonds is 5. The van der Waals surface area contributed by atoms with E-state index in [1.165, 1.54) is 22.3 Å². The molecule has 0 amide bonds. The Bertz CT molecular complexity index is 879. The van der Waals surface area contributed by atoms with Crippen molar-refractivity contribution in [1.82, 2.24) is 0 Å². The molecule has 0 aliphatic heterocycles. The molecular formula is C24H19O. The molecule has 2 aliphatic carbocycles. The van der Waals surface area contributed by atoms with Crippen LogP contribution in [0.4, 0.5) is 0 Å². The van der Waals surface area contributed by atoms with Crippen LogP contribution in [0, 0.1) is 6.07 Å². The van der Waals surface area contributed by atoms with Crippen LogP contribution in [0.3, 0.4) is 0 Å². The van der Waals surface area contributed by atoms with Crippen molar-refractivity contribution in [3.63, 3.8) is 0 Å². The van der Waals surface area contributed by atoms with Gasteiger partial charge in [-0.15, -0.1) is 0 Å². The lowest BCUT2D eigenvalue weighted by Gasteiger charge is -2.06. The third-order valence-corrected chi connectivity index (χ3v) is 4.28. The summed E-state index contributed by atoms with van der Waals surface area (Å²) in [4.78, 5) is 0. The second-order valence-electron chi connectivity index (χ2n) is 6.20. The van der Waals surface area contributed by atoms with Crippen LogP contribution < -0.4 is 4.74 Å². The number of ether oxygens (including phenoxy) is 1. The Morgan fingerprint density at radius 1 is 0.640 bits per heavy atom. The maximum Gasteiger partial charge on any atom is 0.127 e. The van der Waals surface area contributed by atoms with E-state index in [-0.39, 0.29) is 0 Å². The molecular weight excluding hydrogens is 304 g/mol. The first-order valence-electron chi connectivity index (χ1n) is 8.52. The van der Waals surface area contributed by atoms with Crippen molar-refractivity contribution in [2.24, 2.45) is 0 Å². The normalized spacial score (nSPS) is 10.7. The maximum atomic E-state index is 5.80. The summed E-state index contributed by atoms with van der Waals surface area (Å²) in [6.45, 7) is 0.571. The summed E-state index contributed by atoms with van der Waals surface area (Å²) in [7, 11) is 0. The van der Waals surface area contributed by atoms with E-state index in [0.717, 1.165) is 17.7 Å². The number of hydrogen-bond donors (Lipinski definition) is 0. The second-order valence-corrected chi connectivity index (χ2v) is 6.20. The van der Waals surface area contributed by atoms with E-state index in [1.54, 1.807) is 0 Å². The standard InChI is InChI=1S/C24H19O/c1-3-7-20(8-4-1)18-25-24-13-11-19(12-14-24)15-21-16-22-9-5-2-6-10-23(22)17-21/h1-13,16-17H,15,18H2. The molecule has 0 fully saturated rings. The van der Waals surface area contributed by atoms with Crippen LogP contribution in [0.25, 0.3) is 11.1 Å². The Hall–Kier alpha value is -3.06. The predicted molar refractivity (Wildman–Crippen MR) is 102 cm³/mol. The Balaban J connectivity index is 1.42. The maximum absolute atomic E-state index is 5.80. The molecule has 121 valence electrons. The molecule has 0 aromatic heterocycles. The van der Waals surface area contributed by atoms with Crippen LogP contribution in [0.2, 0.25) is 0 Å². The molecule has 25 heavy (non-hydrogen) atoms. The molecule has 0 atom stereocenters. The Labute approximate surface area is 148 Å². The van der Waals surface area contributed by atoms with Gasteiger partial charge in [0.25, 0.3) is 0 Å².